The van der Waals surface area contributed by atoms with Crippen LogP contribution in [0.4, 0.5) is 0 Å². The summed E-state index contributed by atoms with van der Waals surface area (Å²) >= 11 is 0. The smallest absolute Gasteiger partial charge is 0.287 e. The third-order valence-electron chi connectivity index (χ3n) is 3.99. The Kier molecular flexibility index (Phi) is 6.82. The molecule has 1 fully saturated rings. The molecule has 1 aromatic rings. The summed E-state index contributed by atoms with van der Waals surface area (Å²) < 4.78 is 36.7. The Morgan fingerprint density at radius 1 is 1.29 bits per heavy atom. The number of hydrogen-bond donors (Lipinski definition) is 1. The molecule has 0 spiro atoms. The molecule has 1 N–H and O–H groups in total. The van der Waals surface area contributed by atoms with E-state index >= 15 is 0 Å². The van der Waals surface area contributed by atoms with Crippen LogP contribution in [0.15, 0.2) is 21.6 Å². The lowest BCUT2D eigenvalue weighted by Gasteiger charge is -2.24. The van der Waals surface area contributed by atoms with Gasteiger partial charge in [-0.25, -0.2) is 8.42 Å². The van der Waals surface area contributed by atoms with Crippen LogP contribution in [-0.4, -0.2) is 51.0 Å². The van der Waals surface area contributed by atoms with Gasteiger partial charge in [0.2, 0.25) is 5.09 Å². The summed E-state index contributed by atoms with van der Waals surface area (Å²) in [6, 6.07) is 2.76. The lowest BCUT2D eigenvalue weighted by Crippen LogP contribution is -2.40. The number of hydrogen-bond acceptors (Lipinski definition) is 5. The molecule has 7 nitrogen and oxygen atoms in total. The molecule has 0 bridgehead atoms. The van der Waals surface area contributed by atoms with E-state index in [1.807, 2.05) is 6.92 Å². The van der Waals surface area contributed by atoms with Crippen molar-refractivity contribution in [2.45, 2.75) is 50.7 Å². The second-order valence-electron chi connectivity index (χ2n) is 6.01. The minimum atomic E-state index is -3.71. The number of furan rings is 1. The molecule has 0 saturated carbocycles. The first kappa shape index (κ1) is 19.0. The highest BCUT2D eigenvalue weighted by molar-refractivity contribution is 7.89. The van der Waals surface area contributed by atoms with Crippen molar-refractivity contribution in [2.75, 3.05) is 26.3 Å². The van der Waals surface area contributed by atoms with Crippen LogP contribution in [0.25, 0.3) is 0 Å². The van der Waals surface area contributed by atoms with Gasteiger partial charge in [-0.3, -0.25) is 4.79 Å². The molecular weight excluding hydrogens is 332 g/mol. The molecule has 0 aliphatic carbocycles. The average molecular weight is 358 g/mol. The molecular formula is C16H26N2O5S. The number of morpholine rings is 1. The predicted molar refractivity (Wildman–Crippen MR) is 89.4 cm³/mol. The maximum absolute atomic E-state index is 12.5. The van der Waals surface area contributed by atoms with Crippen molar-refractivity contribution in [3.8, 4) is 0 Å². The summed E-state index contributed by atoms with van der Waals surface area (Å²) in [5.41, 5.74) is 0. The monoisotopic (exact) mass is 358 g/mol. The van der Waals surface area contributed by atoms with Gasteiger partial charge in [0, 0.05) is 19.1 Å². The van der Waals surface area contributed by atoms with Crippen molar-refractivity contribution in [3.63, 3.8) is 0 Å². The van der Waals surface area contributed by atoms with Gasteiger partial charge in [0.05, 0.1) is 13.2 Å². The van der Waals surface area contributed by atoms with Gasteiger partial charge in [0.15, 0.2) is 5.76 Å². The third-order valence-corrected chi connectivity index (χ3v) is 5.76. The molecule has 136 valence electrons. The van der Waals surface area contributed by atoms with Crippen LogP contribution < -0.4 is 5.32 Å². The summed E-state index contributed by atoms with van der Waals surface area (Å²) in [5.74, 6) is -0.369. The maximum Gasteiger partial charge on any atom is 0.287 e. The second kappa shape index (κ2) is 8.64. The molecule has 2 rings (SSSR count). The Morgan fingerprint density at radius 3 is 2.67 bits per heavy atom. The SMILES string of the molecule is CCCCC[C@@H](C)NC(=O)c1ccc(S(=O)(=O)N2CCOCC2)o1. The predicted octanol–water partition coefficient (Wildman–Crippen LogP) is 2.00. The number of ether oxygens (including phenoxy) is 1. The van der Waals surface area contributed by atoms with Crippen molar-refractivity contribution in [1.29, 1.82) is 0 Å². The zero-order valence-electron chi connectivity index (χ0n) is 14.3. The first-order valence-electron chi connectivity index (χ1n) is 8.43. The number of nitrogens with one attached hydrogen (secondary N) is 1. The Morgan fingerprint density at radius 2 is 2.00 bits per heavy atom. The summed E-state index contributed by atoms with van der Waals surface area (Å²) in [5, 5.41) is 2.64. The molecule has 1 aliphatic heterocycles. The van der Waals surface area contributed by atoms with Crippen LogP contribution in [0.5, 0.6) is 0 Å². The second-order valence-corrected chi connectivity index (χ2v) is 7.87. The van der Waals surface area contributed by atoms with E-state index in [4.69, 9.17) is 9.15 Å². The highest BCUT2D eigenvalue weighted by atomic mass is 32.2. The summed E-state index contributed by atoms with van der Waals surface area (Å²) in [4.78, 5) is 12.2. The molecule has 0 unspecified atom stereocenters. The van der Waals surface area contributed by atoms with Crippen LogP contribution >= 0.6 is 0 Å². The molecule has 1 aliphatic rings. The summed E-state index contributed by atoms with van der Waals surface area (Å²) in [6.07, 6.45) is 4.19. The minimum Gasteiger partial charge on any atom is -0.438 e. The van der Waals surface area contributed by atoms with Crippen LogP contribution in [-0.2, 0) is 14.8 Å². The van der Waals surface area contributed by atoms with Crippen LogP contribution in [0.2, 0.25) is 0 Å². The van der Waals surface area contributed by atoms with Crippen molar-refractivity contribution >= 4 is 15.9 Å². The van der Waals surface area contributed by atoms with E-state index < -0.39 is 10.0 Å². The van der Waals surface area contributed by atoms with Gasteiger partial charge in [0.25, 0.3) is 15.9 Å². The molecule has 1 atom stereocenters. The molecule has 1 amide bonds. The Labute approximate surface area is 143 Å². The van der Waals surface area contributed by atoms with E-state index in [0.717, 1.165) is 25.7 Å². The zero-order chi connectivity index (χ0) is 17.6. The van der Waals surface area contributed by atoms with Crippen LogP contribution in [0, 0.1) is 0 Å². The summed E-state index contributed by atoms with van der Waals surface area (Å²) in [6.45, 7) is 5.37. The average Bonchev–Trinajstić information content (AvgIpc) is 3.07. The van der Waals surface area contributed by atoms with E-state index in [0.29, 0.717) is 26.3 Å². The van der Waals surface area contributed by atoms with Crippen molar-refractivity contribution in [3.05, 3.63) is 17.9 Å². The van der Waals surface area contributed by atoms with E-state index in [1.165, 1.54) is 16.4 Å². The Bertz CT molecular complexity index is 635. The molecule has 0 aromatic carbocycles. The lowest BCUT2D eigenvalue weighted by atomic mass is 10.1. The van der Waals surface area contributed by atoms with Gasteiger partial charge >= 0.3 is 0 Å². The number of unbranched alkanes of at least 4 members (excludes halogenated alkanes) is 2. The quantitative estimate of drug-likeness (QED) is 0.718. The van der Waals surface area contributed by atoms with Gasteiger partial charge in [-0.15, -0.1) is 0 Å². The van der Waals surface area contributed by atoms with Crippen LogP contribution in [0.3, 0.4) is 0 Å². The Hall–Kier alpha value is -1.38. The van der Waals surface area contributed by atoms with E-state index in [-0.39, 0.29) is 22.8 Å². The fourth-order valence-corrected chi connectivity index (χ4v) is 3.88. The van der Waals surface area contributed by atoms with Gasteiger partial charge in [0.1, 0.15) is 0 Å². The van der Waals surface area contributed by atoms with Gasteiger partial charge in [-0.05, 0) is 25.5 Å². The largest absolute Gasteiger partial charge is 0.438 e. The molecule has 24 heavy (non-hydrogen) atoms. The number of amides is 1. The highest BCUT2D eigenvalue weighted by Gasteiger charge is 2.30. The number of rotatable bonds is 8. The van der Waals surface area contributed by atoms with Gasteiger partial charge < -0.3 is 14.5 Å². The fourth-order valence-electron chi connectivity index (χ4n) is 2.56. The van der Waals surface area contributed by atoms with E-state index in [9.17, 15) is 13.2 Å². The third kappa shape index (κ3) is 4.81. The molecule has 2 heterocycles. The van der Waals surface area contributed by atoms with E-state index in [1.54, 1.807) is 0 Å². The van der Waals surface area contributed by atoms with Crippen LogP contribution in [0.1, 0.15) is 50.1 Å². The van der Waals surface area contributed by atoms with Crippen molar-refractivity contribution in [2.24, 2.45) is 0 Å². The van der Waals surface area contributed by atoms with Gasteiger partial charge in [-0.1, -0.05) is 26.2 Å². The van der Waals surface area contributed by atoms with Crippen molar-refractivity contribution in [1.82, 2.24) is 9.62 Å². The fraction of sp³-hybridized carbons (Fsp3) is 0.688. The number of nitrogens with zero attached hydrogens (tertiary/aromatic N) is 1. The molecule has 0 radical (unpaired) electrons. The molecule has 1 aromatic heterocycles. The zero-order valence-corrected chi connectivity index (χ0v) is 15.1. The minimum absolute atomic E-state index is 0.0178. The first-order valence-corrected chi connectivity index (χ1v) is 9.87. The number of carbonyl (C=O) groups excluding carboxylic acids is 1. The van der Waals surface area contributed by atoms with E-state index in [2.05, 4.69) is 12.2 Å². The maximum atomic E-state index is 12.5. The molecule has 1 saturated heterocycles. The molecule has 8 heteroatoms. The number of sulfonamides is 1. The Balaban J connectivity index is 1.97. The van der Waals surface area contributed by atoms with Crippen molar-refractivity contribution < 1.29 is 22.4 Å². The standard InChI is InChI=1S/C16H26N2O5S/c1-3-4-5-6-13(2)17-16(19)14-7-8-15(23-14)24(20,21)18-9-11-22-12-10-18/h7-8,13H,3-6,9-12H2,1-2H3,(H,17,19)/t13-/m1/s1. The first-order chi connectivity index (χ1) is 11.4. The topological polar surface area (TPSA) is 88.9 Å². The summed E-state index contributed by atoms with van der Waals surface area (Å²) in [7, 11) is -3.71. The van der Waals surface area contributed by atoms with Gasteiger partial charge in [-0.2, -0.15) is 4.31 Å². The number of carbonyl (C=O) groups is 1. The highest BCUT2D eigenvalue weighted by Crippen LogP contribution is 2.20. The normalized spacial score (nSPS) is 17.6. The lowest BCUT2D eigenvalue weighted by molar-refractivity contribution is 0.0722.